The number of hydrogen-bond donors (Lipinski definition) is 1. The molecule has 4 aromatic heterocycles. The predicted octanol–water partition coefficient (Wildman–Crippen LogP) is 8.59. The summed E-state index contributed by atoms with van der Waals surface area (Å²) in [5.41, 5.74) is 0.180. The van der Waals surface area contributed by atoms with Crippen LogP contribution >= 0.6 is 0 Å². The van der Waals surface area contributed by atoms with E-state index in [1.54, 1.807) is 6.20 Å². The molecule has 1 unspecified atom stereocenters. The number of pyridine rings is 2. The maximum Gasteiger partial charge on any atom is 0.417 e. The molecule has 0 spiro atoms. The first kappa shape index (κ1) is 36.8. The highest BCUT2D eigenvalue weighted by atomic mass is 19.4. The van der Waals surface area contributed by atoms with Gasteiger partial charge in [-0.15, -0.1) is 0 Å². The zero-order valence-electron chi connectivity index (χ0n) is 27.7. The van der Waals surface area contributed by atoms with Crippen molar-refractivity contribution < 1.29 is 36.2 Å². The van der Waals surface area contributed by atoms with E-state index in [0.29, 0.717) is 23.4 Å². The number of rotatable bonds is 5. The van der Waals surface area contributed by atoms with Crippen molar-refractivity contribution >= 4 is 6.29 Å². The van der Waals surface area contributed by atoms with Crippen molar-refractivity contribution in [3.63, 3.8) is 0 Å². The summed E-state index contributed by atoms with van der Waals surface area (Å²) in [7, 11) is 0. The van der Waals surface area contributed by atoms with Crippen LogP contribution in [-0.2, 0) is 23.2 Å². The van der Waals surface area contributed by atoms with E-state index in [0.717, 1.165) is 61.5 Å². The van der Waals surface area contributed by atoms with Gasteiger partial charge in [-0.2, -0.15) is 36.5 Å². The lowest BCUT2D eigenvalue weighted by atomic mass is 9.80. The number of aldehydes is 1. The summed E-state index contributed by atoms with van der Waals surface area (Å²) >= 11 is 0. The monoisotopic (exact) mass is 678 g/mol. The van der Waals surface area contributed by atoms with Crippen molar-refractivity contribution in [2.75, 3.05) is 0 Å². The first-order valence-electron chi connectivity index (χ1n) is 15.6. The molecule has 0 amide bonds. The van der Waals surface area contributed by atoms with Gasteiger partial charge in [0, 0.05) is 41.2 Å². The van der Waals surface area contributed by atoms with Crippen molar-refractivity contribution in [2.24, 2.45) is 5.92 Å². The lowest BCUT2D eigenvalue weighted by molar-refractivity contribution is -0.138. The molecule has 1 fully saturated rings. The van der Waals surface area contributed by atoms with E-state index in [9.17, 15) is 36.2 Å². The molecule has 0 aliphatic heterocycles. The van der Waals surface area contributed by atoms with Crippen LogP contribution in [0.2, 0.25) is 0 Å². The van der Waals surface area contributed by atoms with Crippen LogP contribution in [0.25, 0.3) is 11.6 Å². The van der Waals surface area contributed by atoms with Gasteiger partial charge in [0.05, 0.1) is 34.2 Å². The van der Waals surface area contributed by atoms with Gasteiger partial charge in [-0.3, -0.25) is 4.79 Å². The van der Waals surface area contributed by atoms with E-state index in [1.165, 1.54) is 34.1 Å². The molecule has 0 saturated heterocycles. The van der Waals surface area contributed by atoms with Gasteiger partial charge in [0.2, 0.25) is 0 Å². The fourth-order valence-electron chi connectivity index (χ4n) is 5.56. The topological polar surface area (TPSA) is 98.7 Å². The van der Waals surface area contributed by atoms with E-state index < -0.39 is 29.6 Å². The van der Waals surface area contributed by atoms with Gasteiger partial charge in [0.25, 0.3) is 0 Å². The van der Waals surface area contributed by atoms with Gasteiger partial charge < -0.3 is 5.11 Å². The highest BCUT2D eigenvalue weighted by Crippen LogP contribution is 2.39. The van der Waals surface area contributed by atoms with Crippen LogP contribution in [-0.4, -0.2) is 40.9 Å². The number of carbonyl (C=O) groups is 1. The van der Waals surface area contributed by atoms with Gasteiger partial charge in [0.1, 0.15) is 0 Å². The molecule has 1 atom stereocenters. The first-order valence-corrected chi connectivity index (χ1v) is 15.6. The summed E-state index contributed by atoms with van der Waals surface area (Å²) in [6, 6.07) is 4.45. The smallest absolute Gasteiger partial charge is 0.388 e. The average Bonchev–Trinajstić information content (AvgIpc) is 3.67. The van der Waals surface area contributed by atoms with Crippen LogP contribution in [0, 0.1) is 5.92 Å². The third-order valence-corrected chi connectivity index (χ3v) is 8.07. The molecule has 14 heteroatoms. The normalized spacial score (nSPS) is 15.5. The Morgan fingerprint density at radius 2 is 1.19 bits per heavy atom. The van der Waals surface area contributed by atoms with E-state index in [-0.39, 0.29) is 22.6 Å². The predicted molar refractivity (Wildman–Crippen MR) is 167 cm³/mol. The highest BCUT2D eigenvalue weighted by molar-refractivity contribution is 5.76. The fraction of sp³-hybridized carbons (Fsp3) is 0.500. The number of nitrogens with zero attached hydrogens (tertiary/aromatic N) is 6. The molecule has 8 nitrogen and oxygen atoms in total. The number of aliphatic hydroxyl groups excluding tert-OH is 1. The Kier molecular flexibility index (Phi) is 10.6. The highest BCUT2D eigenvalue weighted by Gasteiger charge is 2.33. The van der Waals surface area contributed by atoms with Gasteiger partial charge in [0.15, 0.2) is 17.9 Å². The summed E-state index contributed by atoms with van der Waals surface area (Å²) in [5.74, 6) is 0.718. The lowest BCUT2D eigenvalue weighted by Gasteiger charge is -2.28. The Morgan fingerprint density at radius 3 is 1.56 bits per heavy atom. The molecule has 1 aliphatic carbocycles. The summed E-state index contributed by atoms with van der Waals surface area (Å²) in [6.07, 6.45) is 1.32. The number of halogens is 6. The van der Waals surface area contributed by atoms with Crippen molar-refractivity contribution in [1.29, 1.82) is 0 Å². The zero-order chi connectivity index (χ0) is 35.7. The van der Waals surface area contributed by atoms with Crippen molar-refractivity contribution in [3.05, 3.63) is 82.7 Å². The molecule has 4 heterocycles. The average molecular weight is 679 g/mol. The second-order valence-electron chi connectivity index (χ2n) is 14.0. The van der Waals surface area contributed by atoms with Crippen LogP contribution in [0.3, 0.4) is 0 Å². The van der Waals surface area contributed by atoms with Crippen LogP contribution < -0.4 is 0 Å². The summed E-state index contributed by atoms with van der Waals surface area (Å²) in [4.78, 5) is 18.8. The van der Waals surface area contributed by atoms with E-state index in [4.69, 9.17) is 0 Å². The molecule has 1 aliphatic rings. The summed E-state index contributed by atoms with van der Waals surface area (Å²) < 4.78 is 78.5. The molecule has 1 N–H and O–H groups in total. The number of hydrogen-bond acceptors (Lipinski definition) is 6. The van der Waals surface area contributed by atoms with Gasteiger partial charge in [-0.05, 0) is 43.0 Å². The van der Waals surface area contributed by atoms with Gasteiger partial charge in [-0.25, -0.2) is 19.3 Å². The SMILES string of the molecule is CC(C)(C)c1nn(-c2ccc(C(F)(F)F)cn2)cc1C(O)C1CCCCC1.CC(C)(C)c1nn(-c2ccc(C(F)(F)F)cn2)cc1C=O. The Labute approximate surface area is 275 Å². The van der Waals surface area contributed by atoms with Gasteiger partial charge >= 0.3 is 12.4 Å². The molecule has 0 radical (unpaired) electrons. The minimum Gasteiger partial charge on any atom is -0.388 e. The second-order valence-corrected chi connectivity index (χ2v) is 14.0. The minimum atomic E-state index is -4.43. The second kappa shape index (κ2) is 13.8. The van der Waals surface area contributed by atoms with E-state index in [2.05, 4.69) is 20.2 Å². The van der Waals surface area contributed by atoms with Crippen LogP contribution in [0.1, 0.15) is 118 Å². The zero-order valence-corrected chi connectivity index (χ0v) is 27.7. The largest absolute Gasteiger partial charge is 0.417 e. The molecular formula is C34H40F6N6O2. The van der Waals surface area contributed by atoms with E-state index in [1.807, 2.05) is 41.5 Å². The minimum absolute atomic E-state index is 0.193. The lowest BCUT2D eigenvalue weighted by Crippen LogP contribution is -2.21. The Bertz CT molecular complexity index is 1670. The number of alkyl halides is 6. The quantitative estimate of drug-likeness (QED) is 0.168. The maximum atomic E-state index is 12.8. The summed E-state index contributed by atoms with van der Waals surface area (Å²) in [5, 5.41) is 19.8. The molecule has 5 rings (SSSR count). The maximum absolute atomic E-state index is 12.8. The number of carbonyl (C=O) groups excluding carboxylic acids is 1. The summed E-state index contributed by atoms with van der Waals surface area (Å²) in [6.45, 7) is 11.7. The molecule has 0 aromatic carbocycles. The third kappa shape index (κ3) is 8.69. The van der Waals surface area contributed by atoms with Crippen molar-refractivity contribution in [3.8, 4) is 11.6 Å². The Morgan fingerprint density at radius 1 is 0.729 bits per heavy atom. The molecule has 48 heavy (non-hydrogen) atoms. The van der Waals surface area contributed by atoms with Gasteiger partial charge in [-0.1, -0.05) is 60.8 Å². The van der Waals surface area contributed by atoms with Crippen molar-refractivity contribution in [2.45, 2.75) is 103 Å². The standard InChI is InChI=1S/C20H26F3N3O.C14H14F3N3O/c1-19(2,3)18-15(17(27)13-7-5-4-6-8-13)12-26(25-18)16-10-9-14(11-24-16)20(21,22)23;1-13(2,3)12-9(8-21)7-20(19-12)11-5-4-10(6-18-11)14(15,16)17/h9-13,17,27H,4-8H2,1-3H3;4-8H,1-3H3. The third-order valence-electron chi connectivity index (χ3n) is 8.07. The first-order chi connectivity index (χ1) is 22.2. The number of aliphatic hydroxyl groups is 1. The molecule has 0 bridgehead atoms. The molecule has 1 saturated carbocycles. The van der Waals surface area contributed by atoms with Crippen LogP contribution in [0.15, 0.2) is 49.1 Å². The van der Waals surface area contributed by atoms with E-state index >= 15 is 0 Å². The molecule has 4 aromatic rings. The Balaban J connectivity index is 0.000000224. The van der Waals surface area contributed by atoms with Crippen LogP contribution in [0.5, 0.6) is 0 Å². The van der Waals surface area contributed by atoms with Crippen molar-refractivity contribution in [1.82, 2.24) is 29.5 Å². The number of aromatic nitrogens is 6. The molecule has 260 valence electrons. The Hall–Kier alpha value is -4.07. The van der Waals surface area contributed by atoms with Crippen LogP contribution in [0.4, 0.5) is 26.3 Å². The molecular weight excluding hydrogens is 638 g/mol. The fourth-order valence-corrected chi connectivity index (χ4v) is 5.56.